The lowest BCUT2D eigenvalue weighted by atomic mass is 10.1. The van der Waals surface area contributed by atoms with Gasteiger partial charge in [0.05, 0.1) is 10.9 Å². The molecular formula is C16H17NO2S. The zero-order valence-electron chi connectivity index (χ0n) is 11.6. The van der Waals surface area contributed by atoms with Gasteiger partial charge in [-0.1, -0.05) is 47.5 Å². The van der Waals surface area contributed by atoms with Crippen LogP contribution in [0.1, 0.15) is 22.7 Å². The summed E-state index contributed by atoms with van der Waals surface area (Å²) in [6.07, 6.45) is 0. The van der Waals surface area contributed by atoms with Crippen molar-refractivity contribution in [2.24, 2.45) is 0 Å². The fourth-order valence-electron chi connectivity index (χ4n) is 2.38. The van der Waals surface area contributed by atoms with Crippen molar-refractivity contribution in [3.63, 3.8) is 0 Å². The van der Waals surface area contributed by atoms with E-state index in [0.29, 0.717) is 11.4 Å². The molecule has 0 aliphatic carbocycles. The van der Waals surface area contributed by atoms with Crippen LogP contribution in [0.25, 0.3) is 0 Å². The van der Waals surface area contributed by atoms with Gasteiger partial charge in [0.1, 0.15) is 0 Å². The highest BCUT2D eigenvalue weighted by atomic mass is 32.2. The van der Waals surface area contributed by atoms with Crippen LogP contribution in [0.4, 0.5) is 0 Å². The molecule has 0 spiro atoms. The molecule has 1 heterocycles. The predicted octanol–water partition coefficient (Wildman–Crippen LogP) is 3.05. The van der Waals surface area contributed by atoms with Gasteiger partial charge in [-0.05, 0) is 31.5 Å². The molecule has 0 radical (unpaired) electrons. The van der Waals surface area contributed by atoms with Crippen LogP contribution in [0.15, 0.2) is 53.4 Å². The van der Waals surface area contributed by atoms with Gasteiger partial charge in [0, 0.05) is 6.54 Å². The second-order valence-corrected chi connectivity index (χ2v) is 7.21. The van der Waals surface area contributed by atoms with Crippen molar-refractivity contribution in [2.45, 2.75) is 24.8 Å². The Bertz CT molecular complexity index is 735. The van der Waals surface area contributed by atoms with E-state index in [9.17, 15) is 8.42 Å². The predicted molar refractivity (Wildman–Crippen MR) is 79.0 cm³/mol. The maximum absolute atomic E-state index is 12.5. The molecule has 2 atom stereocenters. The molecule has 2 aromatic rings. The third kappa shape index (κ3) is 2.37. The number of hydrogen-bond donors (Lipinski definition) is 0. The van der Waals surface area contributed by atoms with Crippen LogP contribution in [-0.4, -0.2) is 19.3 Å². The van der Waals surface area contributed by atoms with Gasteiger partial charge >= 0.3 is 0 Å². The molecule has 0 saturated carbocycles. The summed E-state index contributed by atoms with van der Waals surface area (Å²) in [6, 6.07) is 15.0. The Hall–Kier alpha value is -1.65. The van der Waals surface area contributed by atoms with Gasteiger partial charge in [-0.15, -0.1) is 0 Å². The van der Waals surface area contributed by atoms with E-state index >= 15 is 0 Å². The van der Waals surface area contributed by atoms with Crippen molar-refractivity contribution in [1.82, 2.24) is 4.31 Å². The Kier molecular flexibility index (Phi) is 3.15. The summed E-state index contributed by atoms with van der Waals surface area (Å²) in [6.45, 7) is 4.54. The van der Waals surface area contributed by atoms with Gasteiger partial charge in [0.25, 0.3) is 0 Å². The first-order valence-electron chi connectivity index (χ1n) is 6.63. The van der Waals surface area contributed by atoms with Crippen molar-refractivity contribution in [3.8, 4) is 0 Å². The highest BCUT2D eigenvalue weighted by Crippen LogP contribution is 2.40. The van der Waals surface area contributed by atoms with Gasteiger partial charge in [0.2, 0.25) is 10.0 Å². The lowest BCUT2D eigenvalue weighted by Gasteiger charge is -2.07. The fraction of sp³-hybridized carbons (Fsp3) is 0.250. The first kappa shape index (κ1) is 13.3. The summed E-state index contributed by atoms with van der Waals surface area (Å²) in [5.74, 6) is 0. The van der Waals surface area contributed by atoms with Gasteiger partial charge in [-0.3, -0.25) is 0 Å². The monoisotopic (exact) mass is 287 g/mol. The zero-order chi connectivity index (χ0) is 14.3. The summed E-state index contributed by atoms with van der Waals surface area (Å²) in [5, 5.41) is 0. The Labute approximate surface area is 119 Å². The molecule has 2 aromatic carbocycles. The first-order chi connectivity index (χ1) is 9.48. The molecule has 104 valence electrons. The lowest BCUT2D eigenvalue weighted by Crippen LogP contribution is -2.12. The minimum Gasteiger partial charge on any atom is -0.207 e. The van der Waals surface area contributed by atoms with E-state index in [1.807, 2.05) is 44.2 Å². The maximum atomic E-state index is 12.5. The molecule has 4 heteroatoms. The van der Waals surface area contributed by atoms with Gasteiger partial charge in [0.15, 0.2) is 0 Å². The maximum Gasteiger partial charge on any atom is 0.243 e. The van der Waals surface area contributed by atoms with Gasteiger partial charge in [-0.25, -0.2) is 8.42 Å². The van der Waals surface area contributed by atoms with Crippen LogP contribution < -0.4 is 0 Å². The van der Waals surface area contributed by atoms with Crippen LogP contribution in [0.5, 0.6) is 0 Å². The van der Waals surface area contributed by atoms with Crippen LogP contribution >= 0.6 is 0 Å². The smallest absolute Gasteiger partial charge is 0.207 e. The summed E-state index contributed by atoms with van der Waals surface area (Å²) < 4.78 is 26.5. The Morgan fingerprint density at radius 3 is 2.35 bits per heavy atom. The van der Waals surface area contributed by atoms with E-state index in [1.165, 1.54) is 0 Å². The number of hydrogen-bond acceptors (Lipinski definition) is 2. The second-order valence-electron chi connectivity index (χ2n) is 5.32. The van der Waals surface area contributed by atoms with Crippen molar-refractivity contribution < 1.29 is 8.42 Å². The van der Waals surface area contributed by atoms with Crippen molar-refractivity contribution in [2.75, 3.05) is 6.54 Å². The minimum atomic E-state index is -3.36. The third-order valence-electron chi connectivity index (χ3n) is 3.62. The minimum absolute atomic E-state index is 0.0128. The molecule has 0 bridgehead atoms. The number of rotatable bonds is 3. The number of sulfonamides is 1. The van der Waals surface area contributed by atoms with Crippen LogP contribution in [-0.2, 0) is 10.0 Å². The molecule has 3 nitrogen and oxygen atoms in total. The highest BCUT2D eigenvalue weighted by Gasteiger charge is 2.45. The Balaban J connectivity index is 1.86. The van der Waals surface area contributed by atoms with Crippen LogP contribution in [0.3, 0.4) is 0 Å². The van der Waals surface area contributed by atoms with Gasteiger partial charge < -0.3 is 0 Å². The lowest BCUT2D eigenvalue weighted by molar-refractivity contribution is 0.554. The highest BCUT2D eigenvalue weighted by molar-refractivity contribution is 7.89. The number of nitrogens with zero attached hydrogens (tertiary/aromatic N) is 1. The molecule has 20 heavy (non-hydrogen) atoms. The molecule has 1 aliphatic heterocycles. The molecule has 1 saturated heterocycles. The molecule has 0 N–H and O–H groups in total. The van der Waals surface area contributed by atoms with E-state index < -0.39 is 10.0 Å². The zero-order valence-corrected chi connectivity index (χ0v) is 12.4. The average molecular weight is 287 g/mol. The fourth-order valence-corrected chi connectivity index (χ4v) is 3.93. The topological polar surface area (TPSA) is 37.1 Å². The molecule has 1 aliphatic rings. The average Bonchev–Trinajstić information content (AvgIpc) is 3.20. The third-order valence-corrected chi connectivity index (χ3v) is 5.51. The summed E-state index contributed by atoms with van der Waals surface area (Å²) in [7, 11) is -3.36. The molecule has 0 aromatic heterocycles. The SMILES string of the molecule is Cc1ccc(S(=O)(=O)N2C[C@@H]2c2cccc(C)c2)cc1. The molecule has 1 fully saturated rings. The Morgan fingerprint density at radius 1 is 1.00 bits per heavy atom. The Morgan fingerprint density at radius 2 is 1.70 bits per heavy atom. The summed E-state index contributed by atoms with van der Waals surface area (Å²) in [4.78, 5) is 0.373. The largest absolute Gasteiger partial charge is 0.243 e. The van der Waals surface area contributed by atoms with Crippen LogP contribution in [0, 0.1) is 13.8 Å². The van der Waals surface area contributed by atoms with E-state index in [1.54, 1.807) is 16.4 Å². The number of aryl methyl sites for hydroxylation is 2. The van der Waals surface area contributed by atoms with E-state index in [4.69, 9.17) is 0 Å². The summed E-state index contributed by atoms with van der Waals surface area (Å²) in [5.41, 5.74) is 3.28. The molecule has 3 rings (SSSR count). The standard InChI is InChI=1S/C16H17NO2S/c1-12-6-8-15(9-7-12)20(18,19)17-11-16(17)14-5-3-4-13(2)10-14/h3-10,16H,11H2,1-2H3/t16-,17?/m1/s1. The first-order valence-corrected chi connectivity index (χ1v) is 8.07. The molecule has 0 amide bonds. The van der Waals surface area contributed by atoms with E-state index in [0.717, 1.165) is 16.7 Å². The molecule has 1 unspecified atom stereocenters. The summed E-state index contributed by atoms with van der Waals surface area (Å²) >= 11 is 0. The van der Waals surface area contributed by atoms with Crippen molar-refractivity contribution in [1.29, 1.82) is 0 Å². The quantitative estimate of drug-likeness (QED) is 0.814. The molecular weight excluding hydrogens is 270 g/mol. The normalized spacial score (nSPS) is 21.7. The van der Waals surface area contributed by atoms with Gasteiger partial charge in [-0.2, -0.15) is 4.31 Å². The van der Waals surface area contributed by atoms with E-state index in [2.05, 4.69) is 6.07 Å². The van der Waals surface area contributed by atoms with E-state index in [-0.39, 0.29) is 6.04 Å². The van der Waals surface area contributed by atoms with Crippen molar-refractivity contribution >= 4 is 10.0 Å². The van der Waals surface area contributed by atoms with Crippen LogP contribution in [0.2, 0.25) is 0 Å². The number of benzene rings is 2. The van der Waals surface area contributed by atoms with Crippen molar-refractivity contribution in [3.05, 3.63) is 65.2 Å². The second kappa shape index (κ2) is 4.72.